The number of ether oxygens (including phenoxy) is 2. The third-order valence-corrected chi connectivity index (χ3v) is 2.08. The summed E-state index contributed by atoms with van der Waals surface area (Å²) in [6.07, 6.45) is 1.15. The van der Waals surface area contributed by atoms with Gasteiger partial charge < -0.3 is 14.4 Å². The molecule has 88 valence electrons. The van der Waals surface area contributed by atoms with E-state index in [0.717, 1.165) is 25.7 Å². The van der Waals surface area contributed by atoms with Gasteiger partial charge in [-0.1, -0.05) is 20.4 Å². The third-order valence-electron chi connectivity index (χ3n) is 2.08. The van der Waals surface area contributed by atoms with Gasteiger partial charge in [-0.25, -0.2) is 4.79 Å². The Balaban J connectivity index is 3.24. The molecule has 0 rings (SSSR count). The summed E-state index contributed by atoms with van der Waals surface area (Å²) in [5.74, 6) is -0.401. The molecule has 0 aliphatic heterocycles. The molecule has 0 aliphatic carbocycles. The molecule has 0 atom stereocenters. The maximum absolute atomic E-state index is 10.6. The van der Waals surface area contributed by atoms with E-state index in [1.165, 1.54) is 0 Å². The Morgan fingerprint density at radius 2 is 1.93 bits per heavy atom. The first kappa shape index (κ1) is 14.1. The van der Waals surface area contributed by atoms with Crippen molar-refractivity contribution in [2.24, 2.45) is 0 Å². The molecule has 0 saturated heterocycles. The van der Waals surface area contributed by atoms with Gasteiger partial charge in [0.25, 0.3) is 0 Å². The highest BCUT2D eigenvalue weighted by atomic mass is 16.6. The number of nitrogens with zero attached hydrogens (tertiary/aromatic N) is 1. The van der Waals surface area contributed by atoms with Crippen LogP contribution in [0.5, 0.6) is 0 Å². The molecule has 0 aliphatic rings. The summed E-state index contributed by atoms with van der Waals surface area (Å²) in [7, 11) is 0. The van der Waals surface area contributed by atoms with Crippen molar-refractivity contribution in [3.63, 3.8) is 0 Å². The predicted molar refractivity (Wildman–Crippen MR) is 59.8 cm³/mol. The van der Waals surface area contributed by atoms with Gasteiger partial charge >= 0.3 is 5.97 Å². The third kappa shape index (κ3) is 8.15. The molecule has 0 unspecified atom stereocenters. The molecule has 4 heteroatoms. The zero-order valence-corrected chi connectivity index (χ0v) is 9.70. The summed E-state index contributed by atoms with van der Waals surface area (Å²) in [5.41, 5.74) is 0. The molecule has 0 spiro atoms. The standard InChI is InChI=1S/C11H21NO3/c1-4-11(13)15-10-9-14-8-7-12(5-2)6-3/h4H,1,5-10H2,2-3H3. The first-order valence-electron chi connectivity index (χ1n) is 5.33. The van der Waals surface area contributed by atoms with E-state index >= 15 is 0 Å². The summed E-state index contributed by atoms with van der Waals surface area (Å²) in [4.78, 5) is 12.9. The highest BCUT2D eigenvalue weighted by Gasteiger charge is 1.98. The smallest absolute Gasteiger partial charge is 0.330 e. The molecule has 15 heavy (non-hydrogen) atoms. The molecule has 0 radical (unpaired) electrons. The summed E-state index contributed by atoms with van der Waals surface area (Å²) in [6.45, 7) is 11.9. The van der Waals surface area contributed by atoms with Crippen molar-refractivity contribution in [2.75, 3.05) is 39.5 Å². The van der Waals surface area contributed by atoms with Crippen LogP contribution >= 0.6 is 0 Å². The van der Waals surface area contributed by atoms with E-state index in [9.17, 15) is 4.79 Å². The Morgan fingerprint density at radius 3 is 2.47 bits per heavy atom. The number of likely N-dealkylation sites (N-methyl/N-ethyl adjacent to an activating group) is 1. The van der Waals surface area contributed by atoms with Crippen molar-refractivity contribution < 1.29 is 14.3 Å². The van der Waals surface area contributed by atoms with Gasteiger partial charge in [-0.2, -0.15) is 0 Å². The SMILES string of the molecule is C=CC(=O)OCCOCCN(CC)CC. The van der Waals surface area contributed by atoms with Crippen LogP contribution in [0, 0.1) is 0 Å². The molecule has 0 bridgehead atoms. The summed E-state index contributed by atoms with van der Waals surface area (Å²) in [5, 5.41) is 0. The molecule has 0 aromatic rings. The van der Waals surface area contributed by atoms with Crippen LogP contribution in [0.4, 0.5) is 0 Å². The Morgan fingerprint density at radius 1 is 1.27 bits per heavy atom. The number of esters is 1. The molecule has 0 amide bonds. The first-order valence-corrected chi connectivity index (χ1v) is 5.33. The number of rotatable bonds is 9. The van der Waals surface area contributed by atoms with Gasteiger partial charge in [0, 0.05) is 12.6 Å². The molecule has 0 N–H and O–H groups in total. The fraction of sp³-hybridized carbons (Fsp3) is 0.727. The highest BCUT2D eigenvalue weighted by Crippen LogP contribution is 1.87. The van der Waals surface area contributed by atoms with Crippen LogP contribution in [0.1, 0.15) is 13.8 Å². The lowest BCUT2D eigenvalue weighted by Crippen LogP contribution is -2.27. The summed E-state index contributed by atoms with van der Waals surface area (Å²) < 4.78 is 10.1. The maximum Gasteiger partial charge on any atom is 0.330 e. The monoisotopic (exact) mass is 215 g/mol. The normalized spacial score (nSPS) is 10.3. The number of carbonyl (C=O) groups is 1. The van der Waals surface area contributed by atoms with Gasteiger partial charge in [-0.3, -0.25) is 0 Å². The minimum atomic E-state index is -0.401. The van der Waals surface area contributed by atoms with Crippen LogP contribution in [-0.4, -0.2) is 50.3 Å². The van der Waals surface area contributed by atoms with E-state index in [0.29, 0.717) is 19.8 Å². The zero-order chi connectivity index (χ0) is 11.5. The summed E-state index contributed by atoms with van der Waals surface area (Å²) in [6, 6.07) is 0. The zero-order valence-electron chi connectivity index (χ0n) is 9.70. The topological polar surface area (TPSA) is 38.8 Å². The lowest BCUT2D eigenvalue weighted by Gasteiger charge is -2.17. The van der Waals surface area contributed by atoms with Gasteiger partial charge in [0.05, 0.1) is 13.2 Å². The van der Waals surface area contributed by atoms with E-state index in [2.05, 4.69) is 25.3 Å². The van der Waals surface area contributed by atoms with E-state index in [4.69, 9.17) is 9.47 Å². The van der Waals surface area contributed by atoms with Crippen molar-refractivity contribution >= 4 is 5.97 Å². The lowest BCUT2D eigenvalue weighted by atomic mass is 10.5. The van der Waals surface area contributed by atoms with Gasteiger partial charge in [0.15, 0.2) is 0 Å². The fourth-order valence-electron chi connectivity index (χ4n) is 1.10. The molecule has 0 saturated carbocycles. The van der Waals surface area contributed by atoms with Gasteiger partial charge in [-0.15, -0.1) is 0 Å². The van der Waals surface area contributed by atoms with Crippen molar-refractivity contribution in [3.05, 3.63) is 12.7 Å². The molecular weight excluding hydrogens is 194 g/mol. The second-order valence-corrected chi connectivity index (χ2v) is 3.01. The van der Waals surface area contributed by atoms with Gasteiger partial charge in [0.1, 0.15) is 6.61 Å². The van der Waals surface area contributed by atoms with Crippen LogP contribution < -0.4 is 0 Å². The molecular formula is C11H21NO3. The lowest BCUT2D eigenvalue weighted by molar-refractivity contribution is -0.139. The van der Waals surface area contributed by atoms with E-state index in [-0.39, 0.29) is 0 Å². The van der Waals surface area contributed by atoms with Crippen molar-refractivity contribution in [1.82, 2.24) is 4.90 Å². The van der Waals surface area contributed by atoms with Gasteiger partial charge in [-0.05, 0) is 13.1 Å². The average Bonchev–Trinajstić information content (AvgIpc) is 2.28. The van der Waals surface area contributed by atoms with Crippen molar-refractivity contribution in [2.45, 2.75) is 13.8 Å². The molecule has 0 aromatic carbocycles. The van der Waals surface area contributed by atoms with Crippen molar-refractivity contribution in [3.8, 4) is 0 Å². The maximum atomic E-state index is 10.6. The second kappa shape index (κ2) is 9.68. The quantitative estimate of drug-likeness (QED) is 0.328. The Bertz CT molecular complexity index is 179. The average molecular weight is 215 g/mol. The Hall–Kier alpha value is -0.870. The largest absolute Gasteiger partial charge is 0.460 e. The summed E-state index contributed by atoms with van der Waals surface area (Å²) >= 11 is 0. The second-order valence-electron chi connectivity index (χ2n) is 3.01. The molecule has 0 heterocycles. The van der Waals surface area contributed by atoms with Crippen LogP contribution in [-0.2, 0) is 14.3 Å². The molecule has 4 nitrogen and oxygen atoms in total. The van der Waals surface area contributed by atoms with E-state index < -0.39 is 5.97 Å². The van der Waals surface area contributed by atoms with E-state index in [1.807, 2.05) is 0 Å². The van der Waals surface area contributed by atoms with E-state index in [1.54, 1.807) is 0 Å². The predicted octanol–water partition coefficient (Wildman–Crippen LogP) is 1.07. The minimum absolute atomic E-state index is 0.295. The van der Waals surface area contributed by atoms with Crippen LogP contribution in [0.2, 0.25) is 0 Å². The molecule has 0 aromatic heterocycles. The number of hydrogen-bond donors (Lipinski definition) is 0. The van der Waals surface area contributed by atoms with Crippen LogP contribution in [0.3, 0.4) is 0 Å². The minimum Gasteiger partial charge on any atom is -0.460 e. The Kier molecular flexibility index (Phi) is 9.11. The van der Waals surface area contributed by atoms with Crippen LogP contribution in [0.25, 0.3) is 0 Å². The van der Waals surface area contributed by atoms with Crippen LogP contribution in [0.15, 0.2) is 12.7 Å². The number of hydrogen-bond acceptors (Lipinski definition) is 4. The first-order chi connectivity index (χ1) is 7.24. The van der Waals surface area contributed by atoms with Crippen molar-refractivity contribution in [1.29, 1.82) is 0 Å². The Labute approximate surface area is 91.8 Å². The number of carbonyl (C=O) groups excluding carboxylic acids is 1. The fourth-order valence-corrected chi connectivity index (χ4v) is 1.10. The van der Waals surface area contributed by atoms with Gasteiger partial charge in [0.2, 0.25) is 0 Å². The highest BCUT2D eigenvalue weighted by molar-refractivity contribution is 5.81. The molecule has 0 fully saturated rings.